The zero-order valence-electron chi connectivity index (χ0n) is 14.9. The molecule has 8 heteroatoms. The Hall–Kier alpha value is -2.57. The Kier molecular flexibility index (Phi) is 7.64. The highest BCUT2D eigenvalue weighted by molar-refractivity contribution is 6.39. The van der Waals surface area contributed by atoms with E-state index in [0.29, 0.717) is 33.7 Å². The first-order chi connectivity index (χ1) is 12.9. The third-order valence-corrected chi connectivity index (χ3v) is 4.08. The van der Waals surface area contributed by atoms with Crippen LogP contribution in [0, 0.1) is 0 Å². The van der Waals surface area contributed by atoms with E-state index in [1.165, 1.54) is 6.21 Å². The van der Waals surface area contributed by atoms with Gasteiger partial charge in [0.25, 0.3) is 0 Å². The lowest BCUT2D eigenvalue weighted by molar-refractivity contribution is -0.136. The molecule has 2 amide bonds. The zero-order valence-corrected chi connectivity index (χ0v) is 16.4. The molecule has 0 aliphatic rings. The van der Waals surface area contributed by atoms with Crippen LogP contribution in [0.15, 0.2) is 41.5 Å². The van der Waals surface area contributed by atoms with Crippen molar-refractivity contribution in [2.24, 2.45) is 5.10 Å². The van der Waals surface area contributed by atoms with Crippen molar-refractivity contribution < 1.29 is 14.3 Å². The van der Waals surface area contributed by atoms with E-state index >= 15 is 0 Å². The van der Waals surface area contributed by atoms with Crippen molar-refractivity contribution in [1.29, 1.82) is 0 Å². The molecule has 0 radical (unpaired) electrons. The summed E-state index contributed by atoms with van der Waals surface area (Å²) in [4.78, 5) is 23.7. The molecule has 0 aliphatic heterocycles. The summed E-state index contributed by atoms with van der Waals surface area (Å²) in [6, 6.07) is 10.4. The molecule has 0 aromatic heterocycles. The molecular formula is C19H19Cl2N3O3. The quantitative estimate of drug-likeness (QED) is 0.430. The fraction of sp³-hybridized carbons (Fsp3) is 0.211. The van der Waals surface area contributed by atoms with Crippen LogP contribution in [0.2, 0.25) is 10.0 Å². The molecule has 2 N–H and O–H groups in total. The topological polar surface area (TPSA) is 79.8 Å². The monoisotopic (exact) mass is 407 g/mol. The van der Waals surface area contributed by atoms with Crippen molar-refractivity contribution in [1.82, 2.24) is 5.43 Å². The maximum Gasteiger partial charge on any atom is 0.329 e. The highest BCUT2D eigenvalue weighted by Gasteiger charge is 2.13. The van der Waals surface area contributed by atoms with Crippen LogP contribution in [0.25, 0.3) is 0 Å². The SMILES string of the molecule is CCOc1c(Cl)cc(/C=N\NC(=O)C(=O)Nc2ccc(CC)cc2)cc1Cl. The number of hydrogen-bond donors (Lipinski definition) is 2. The molecule has 0 unspecified atom stereocenters. The zero-order chi connectivity index (χ0) is 19.8. The fourth-order valence-electron chi connectivity index (χ4n) is 2.16. The van der Waals surface area contributed by atoms with Gasteiger partial charge in [0, 0.05) is 5.69 Å². The summed E-state index contributed by atoms with van der Waals surface area (Å²) in [5.74, 6) is -1.33. The van der Waals surface area contributed by atoms with Crippen molar-refractivity contribution in [3.05, 3.63) is 57.6 Å². The minimum Gasteiger partial charge on any atom is -0.491 e. The number of carbonyl (C=O) groups excluding carboxylic acids is 2. The smallest absolute Gasteiger partial charge is 0.329 e. The van der Waals surface area contributed by atoms with Crippen LogP contribution in [0.3, 0.4) is 0 Å². The van der Waals surface area contributed by atoms with Gasteiger partial charge in [-0.2, -0.15) is 5.10 Å². The lowest BCUT2D eigenvalue weighted by Crippen LogP contribution is -2.32. The third kappa shape index (κ3) is 5.98. The van der Waals surface area contributed by atoms with Gasteiger partial charge in [-0.05, 0) is 48.7 Å². The average molecular weight is 408 g/mol. The van der Waals surface area contributed by atoms with Gasteiger partial charge < -0.3 is 10.1 Å². The van der Waals surface area contributed by atoms with Crippen molar-refractivity contribution >= 4 is 46.9 Å². The highest BCUT2D eigenvalue weighted by Crippen LogP contribution is 2.33. The summed E-state index contributed by atoms with van der Waals surface area (Å²) in [6.07, 6.45) is 2.22. The van der Waals surface area contributed by atoms with Crippen LogP contribution in [-0.4, -0.2) is 24.6 Å². The Bertz CT molecular complexity index is 829. The van der Waals surface area contributed by atoms with E-state index in [9.17, 15) is 9.59 Å². The number of hydrogen-bond acceptors (Lipinski definition) is 4. The predicted octanol–water partition coefficient (Wildman–Crippen LogP) is 4.04. The Morgan fingerprint density at radius 2 is 1.70 bits per heavy atom. The molecule has 142 valence electrons. The molecule has 0 saturated heterocycles. The van der Waals surface area contributed by atoms with E-state index in [4.69, 9.17) is 27.9 Å². The van der Waals surface area contributed by atoms with E-state index < -0.39 is 11.8 Å². The van der Waals surface area contributed by atoms with Crippen molar-refractivity contribution in [2.75, 3.05) is 11.9 Å². The minimum absolute atomic E-state index is 0.324. The molecule has 0 bridgehead atoms. The summed E-state index contributed by atoms with van der Waals surface area (Å²) in [7, 11) is 0. The maximum absolute atomic E-state index is 11.9. The van der Waals surface area contributed by atoms with Crippen molar-refractivity contribution in [3.63, 3.8) is 0 Å². The number of aryl methyl sites for hydroxylation is 1. The van der Waals surface area contributed by atoms with Gasteiger partial charge in [0.1, 0.15) is 0 Å². The Morgan fingerprint density at radius 3 is 2.26 bits per heavy atom. The van der Waals surface area contributed by atoms with Crippen LogP contribution >= 0.6 is 23.2 Å². The van der Waals surface area contributed by atoms with Gasteiger partial charge in [0.05, 0.1) is 22.9 Å². The standard InChI is InChI=1S/C19H19Cl2N3O3/c1-3-12-5-7-14(8-6-12)23-18(25)19(26)24-22-11-13-9-15(20)17(27-4-2)16(21)10-13/h5-11H,3-4H2,1-2H3,(H,23,25)(H,24,26)/b22-11-. The first kappa shape index (κ1) is 20.7. The molecular weight excluding hydrogens is 389 g/mol. The Labute approximate surface area is 167 Å². The fourth-order valence-corrected chi connectivity index (χ4v) is 2.78. The summed E-state index contributed by atoms with van der Waals surface area (Å²) in [5, 5.41) is 6.89. The average Bonchev–Trinajstić information content (AvgIpc) is 2.65. The normalized spacial score (nSPS) is 10.7. The number of halogens is 2. The van der Waals surface area contributed by atoms with Crippen LogP contribution in [0.1, 0.15) is 25.0 Å². The van der Waals surface area contributed by atoms with Gasteiger partial charge in [-0.15, -0.1) is 0 Å². The molecule has 2 rings (SSSR count). The van der Waals surface area contributed by atoms with Gasteiger partial charge in [0.15, 0.2) is 5.75 Å². The van der Waals surface area contributed by atoms with Gasteiger partial charge in [0.2, 0.25) is 0 Å². The molecule has 0 saturated carbocycles. The number of carbonyl (C=O) groups is 2. The summed E-state index contributed by atoms with van der Waals surface area (Å²) < 4.78 is 5.34. The number of nitrogens with zero attached hydrogens (tertiary/aromatic N) is 1. The Balaban J connectivity index is 1.94. The minimum atomic E-state index is -0.894. The van der Waals surface area contributed by atoms with Gasteiger partial charge in [-0.25, -0.2) is 5.43 Å². The van der Waals surface area contributed by atoms with Crippen molar-refractivity contribution in [2.45, 2.75) is 20.3 Å². The second-order valence-electron chi connectivity index (χ2n) is 5.45. The number of anilines is 1. The first-order valence-corrected chi connectivity index (χ1v) is 9.05. The van der Waals surface area contributed by atoms with Crippen LogP contribution in [0.5, 0.6) is 5.75 Å². The molecule has 0 spiro atoms. The first-order valence-electron chi connectivity index (χ1n) is 8.29. The molecule has 6 nitrogen and oxygen atoms in total. The van der Waals surface area contributed by atoms with Crippen LogP contribution in [0.4, 0.5) is 5.69 Å². The summed E-state index contributed by atoms with van der Waals surface area (Å²) in [6.45, 7) is 4.28. The highest BCUT2D eigenvalue weighted by atomic mass is 35.5. The predicted molar refractivity (Wildman–Crippen MR) is 108 cm³/mol. The van der Waals surface area contributed by atoms with E-state index in [2.05, 4.69) is 15.8 Å². The molecule has 2 aromatic carbocycles. The number of hydrazone groups is 1. The molecule has 2 aromatic rings. The molecule has 0 heterocycles. The van der Waals surface area contributed by atoms with Gasteiger partial charge in [-0.1, -0.05) is 42.3 Å². The molecule has 0 atom stereocenters. The molecule has 0 aliphatic carbocycles. The molecule has 27 heavy (non-hydrogen) atoms. The third-order valence-electron chi connectivity index (χ3n) is 3.52. The van der Waals surface area contributed by atoms with E-state index in [1.54, 1.807) is 24.3 Å². The largest absolute Gasteiger partial charge is 0.491 e. The second-order valence-corrected chi connectivity index (χ2v) is 6.26. The van der Waals surface area contributed by atoms with Gasteiger partial charge in [-0.3, -0.25) is 9.59 Å². The lowest BCUT2D eigenvalue weighted by Gasteiger charge is -2.08. The van der Waals surface area contributed by atoms with E-state index in [0.717, 1.165) is 12.0 Å². The lowest BCUT2D eigenvalue weighted by atomic mass is 10.1. The van der Waals surface area contributed by atoms with Crippen LogP contribution < -0.4 is 15.5 Å². The number of ether oxygens (including phenoxy) is 1. The number of nitrogens with one attached hydrogen (secondary N) is 2. The van der Waals surface area contributed by atoms with E-state index in [1.807, 2.05) is 26.0 Å². The second kappa shape index (κ2) is 9.94. The van der Waals surface area contributed by atoms with E-state index in [-0.39, 0.29) is 0 Å². The maximum atomic E-state index is 11.9. The molecule has 0 fully saturated rings. The summed E-state index contributed by atoms with van der Waals surface area (Å²) >= 11 is 12.2. The number of benzene rings is 2. The number of rotatable bonds is 6. The Morgan fingerprint density at radius 1 is 1.07 bits per heavy atom. The van der Waals surface area contributed by atoms with Crippen LogP contribution in [-0.2, 0) is 16.0 Å². The number of amides is 2. The summed E-state index contributed by atoms with van der Waals surface area (Å²) in [5.41, 5.74) is 4.36. The van der Waals surface area contributed by atoms with Gasteiger partial charge >= 0.3 is 11.8 Å². The van der Waals surface area contributed by atoms with Crippen molar-refractivity contribution in [3.8, 4) is 5.75 Å².